The number of aliphatic hydroxyl groups excluding tert-OH is 1. The van der Waals surface area contributed by atoms with Crippen molar-refractivity contribution in [2.75, 3.05) is 7.11 Å². The number of esters is 1. The van der Waals surface area contributed by atoms with Gasteiger partial charge in [-0.1, -0.05) is 12.1 Å². The van der Waals surface area contributed by atoms with Crippen LogP contribution in [0.2, 0.25) is 0 Å². The van der Waals surface area contributed by atoms with Crippen molar-refractivity contribution < 1.29 is 37.1 Å². The largest absolute Gasteiger partial charge is 0.496 e. The number of hydrogen-bond acceptors (Lipinski definition) is 4. The van der Waals surface area contributed by atoms with E-state index in [-0.39, 0.29) is 13.2 Å². The van der Waals surface area contributed by atoms with Gasteiger partial charge in [0.2, 0.25) is 11.8 Å². The number of nitrogens with zero attached hydrogens (tertiary/aromatic N) is 1. The second-order valence-electron chi connectivity index (χ2n) is 5.99. The third kappa shape index (κ3) is 4.11. The van der Waals surface area contributed by atoms with Gasteiger partial charge >= 0.3 is 12.1 Å². The van der Waals surface area contributed by atoms with E-state index in [0.717, 1.165) is 0 Å². The molecule has 0 spiro atoms. The summed E-state index contributed by atoms with van der Waals surface area (Å²) in [5, 5.41) is 9.53. The van der Waals surface area contributed by atoms with Crippen LogP contribution in [0.15, 0.2) is 42.5 Å². The molecule has 0 radical (unpaired) electrons. The minimum atomic E-state index is -4.80. The molecule has 1 atom stereocenters. The Bertz CT molecular complexity index is 893. The van der Waals surface area contributed by atoms with Crippen LogP contribution in [0.1, 0.15) is 21.5 Å². The van der Waals surface area contributed by atoms with Crippen LogP contribution in [0.5, 0.6) is 5.75 Å². The number of hydrogen-bond donors (Lipinski definition) is 1. The van der Waals surface area contributed by atoms with Crippen molar-refractivity contribution in [1.82, 2.24) is 0 Å². The molecule has 1 heterocycles. The van der Waals surface area contributed by atoms with Gasteiger partial charge in [-0.05, 0) is 18.2 Å². The summed E-state index contributed by atoms with van der Waals surface area (Å²) in [4.78, 5) is 11.6. The maximum atomic E-state index is 12.9. The molecule has 5 nitrogen and oxygen atoms in total. The zero-order valence-electron chi connectivity index (χ0n) is 14.4. The lowest BCUT2D eigenvalue weighted by Crippen LogP contribution is -2.33. The van der Waals surface area contributed by atoms with E-state index in [1.54, 1.807) is 30.3 Å². The Hall–Kier alpha value is -2.87. The van der Waals surface area contributed by atoms with Gasteiger partial charge in [0, 0.05) is 17.7 Å². The number of halogens is 3. The molecule has 0 saturated carbocycles. The zero-order valence-corrected chi connectivity index (χ0v) is 14.4. The van der Waals surface area contributed by atoms with Crippen LogP contribution >= 0.6 is 0 Å². The molecule has 0 bridgehead atoms. The zero-order chi connectivity index (χ0) is 19.6. The minimum Gasteiger partial charge on any atom is -0.496 e. The number of carbonyl (C=O) groups is 1. The molecule has 1 N–H and O–H groups in total. The summed E-state index contributed by atoms with van der Waals surface area (Å²) in [6.07, 6.45) is -6.74. The number of aliphatic hydroxyl groups is 1. The van der Waals surface area contributed by atoms with Gasteiger partial charge in [-0.3, -0.25) is 0 Å². The Morgan fingerprint density at radius 1 is 1.30 bits per heavy atom. The fraction of sp³-hybridized carbons (Fsp3) is 0.263. The SMILES string of the molecule is COc1ccccc1C[N+](=CC(O)C(F)(F)F)c1ccc2c(c1)COC2=O. The number of para-hydroxylation sites is 1. The Labute approximate surface area is 153 Å². The van der Waals surface area contributed by atoms with E-state index in [1.807, 2.05) is 0 Å². The van der Waals surface area contributed by atoms with E-state index in [1.165, 1.54) is 23.8 Å². The lowest BCUT2D eigenvalue weighted by molar-refractivity contribution is -0.458. The van der Waals surface area contributed by atoms with Crippen molar-refractivity contribution in [2.24, 2.45) is 0 Å². The summed E-state index contributed by atoms with van der Waals surface area (Å²) in [6.45, 7) is 0.0943. The standard InChI is InChI=1S/C19H17F3NO4/c1-26-16-5-3-2-4-12(16)9-23(10-17(24)19(20,21)22)14-6-7-15-13(8-14)11-27-18(15)25/h2-8,10,17,24H,9,11H2,1H3/q+1. The summed E-state index contributed by atoms with van der Waals surface area (Å²) >= 11 is 0. The Balaban J connectivity index is 2.03. The minimum absolute atomic E-state index is 0.0325. The Kier molecular flexibility index (Phi) is 5.18. The Morgan fingerprint density at radius 3 is 2.74 bits per heavy atom. The van der Waals surface area contributed by atoms with E-state index < -0.39 is 18.2 Å². The third-order valence-electron chi connectivity index (χ3n) is 4.19. The first-order chi connectivity index (χ1) is 12.8. The van der Waals surface area contributed by atoms with Crippen LogP contribution in [-0.2, 0) is 17.9 Å². The van der Waals surface area contributed by atoms with Gasteiger partial charge in [0.15, 0.2) is 12.8 Å². The van der Waals surface area contributed by atoms with Crippen LogP contribution in [0.25, 0.3) is 0 Å². The molecule has 1 aliphatic heterocycles. The molecule has 1 aliphatic rings. The molecule has 142 valence electrons. The fourth-order valence-corrected chi connectivity index (χ4v) is 2.80. The van der Waals surface area contributed by atoms with Gasteiger partial charge < -0.3 is 14.6 Å². The number of carbonyl (C=O) groups excluding carboxylic acids is 1. The molecule has 2 aromatic rings. The van der Waals surface area contributed by atoms with Crippen LogP contribution in [0.3, 0.4) is 0 Å². The summed E-state index contributed by atoms with van der Waals surface area (Å²) in [5.74, 6) is 0.0456. The highest BCUT2D eigenvalue weighted by molar-refractivity contribution is 5.93. The van der Waals surface area contributed by atoms with Gasteiger partial charge in [0.05, 0.1) is 18.2 Å². The highest BCUT2D eigenvalue weighted by atomic mass is 19.4. The summed E-state index contributed by atoms with van der Waals surface area (Å²) in [7, 11) is 1.47. The lowest BCUT2D eigenvalue weighted by atomic mass is 10.1. The molecule has 0 saturated heterocycles. The third-order valence-corrected chi connectivity index (χ3v) is 4.19. The first-order valence-electron chi connectivity index (χ1n) is 8.08. The average molecular weight is 380 g/mol. The second kappa shape index (κ2) is 7.40. The van der Waals surface area contributed by atoms with Gasteiger partial charge in [0.25, 0.3) is 0 Å². The van der Waals surface area contributed by atoms with Crippen LogP contribution in [0.4, 0.5) is 18.9 Å². The van der Waals surface area contributed by atoms with Gasteiger partial charge in [0.1, 0.15) is 12.4 Å². The predicted octanol–water partition coefficient (Wildman–Crippen LogP) is 3.20. The molecule has 0 amide bonds. The smallest absolute Gasteiger partial charge is 0.423 e. The van der Waals surface area contributed by atoms with Crippen LogP contribution < -0.4 is 4.74 Å². The molecule has 27 heavy (non-hydrogen) atoms. The lowest BCUT2D eigenvalue weighted by Gasteiger charge is -2.12. The molecule has 2 aromatic carbocycles. The first kappa shape index (κ1) is 18.9. The summed E-state index contributed by atoms with van der Waals surface area (Å²) in [5.41, 5.74) is 1.99. The Morgan fingerprint density at radius 2 is 2.04 bits per heavy atom. The van der Waals surface area contributed by atoms with E-state index in [9.17, 15) is 23.1 Å². The number of cyclic esters (lactones) is 1. The second-order valence-corrected chi connectivity index (χ2v) is 5.99. The molecule has 1 unspecified atom stereocenters. The number of fused-ring (bicyclic) bond motifs is 1. The number of rotatable bonds is 5. The molecular formula is C19H17F3NO4+. The highest BCUT2D eigenvalue weighted by Gasteiger charge is 2.40. The summed E-state index contributed by atoms with van der Waals surface area (Å²) in [6, 6.07) is 11.5. The molecule has 3 rings (SSSR count). The highest BCUT2D eigenvalue weighted by Crippen LogP contribution is 2.28. The molecule has 0 aliphatic carbocycles. The van der Waals surface area contributed by atoms with Crippen molar-refractivity contribution in [3.05, 3.63) is 59.2 Å². The van der Waals surface area contributed by atoms with Crippen molar-refractivity contribution in [2.45, 2.75) is 25.4 Å². The van der Waals surface area contributed by atoms with Crippen LogP contribution in [0, 0.1) is 0 Å². The molecular weight excluding hydrogens is 363 g/mol. The number of ether oxygens (including phenoxy) is 2. The summed E-state index contributed by atoms with van der Waals surface area (Å²) < 4.78 is 50.1. The van der Waals surface area contributed by atoms with Crippen molar-refractivity contribution in [3.63, 3.8) is 0 Å². The average Bonchev–Trinajstić information content (AvgIpc) is 3.01. The number of methoxy groups -OCH3 is 1. The van der Waals surface area contributed by atoms with E-state index in [2.05, 4.69) is 0 Å². The molecule has 0 fully saturated rings. The van der Waals surface area contributed by atoms with E-state index >= 15 is 0 Å². The van der Waals surface area contributed by atoms with E-state index in [0.29, 0.717) is 34.3 Å². The van der Waals surface area contributed by atoms with Crippen molar-refractivity contribution in [1.29, 1.82) is 0 Å². The molecule has 0 aromatic heterocycles. The maximum Gasteiger partial charge on any atom is 0.423 e. The quantitative estimate of drug-likeness (QED) is 0.492. The number of benzene rings is 2. The number of alkyl halides is 3. The monoisotopic (exact) mass is 380 g/mol. The first-order valence-corrected chi connectivity index (χ1v) is 8.08. The maximum absolute atomic E-state index is 12.9. The normalized spacial score (nSPS) is 15.3. The van der Waals surface area contributed by atoms with Gasteiger partial charge in [-0.25, -0.2) is 4.79 Å². The van der Waals surface area contributed by atoms with Gasteiger partial charge in [-0.15, -0.1) is 0 Å². The van der Waals surface area contributed by atoms with Crippen molar-refractivity contribution in [3.8, 4) is 5.75 Å². The predicted molar refractivity (Wildman–Crippen MR) is 90.3 cm³/mol. The van der Waals surface area contributed by atoms with E-state index in [4.69, 9.17) is 9.47 Å². The molecule has 8 heteroatoms. The van der Waals surface area contributed by atoms with Gasteiger partial charge in [-0.2, -0.15) is 17.7 Å². The fourth-order valence-electron chi connectivity index (χ4n) is 2.80. The van der Waals surface area contributed by atoms with Crippen molar-refractivity contribution >= 4 is 17.9 Å². The van der Waals surface area contributed by atoms with Crippen LogP contribution in [-0.4, -0.2) is 41.3 Å². The topological polar surface area (TPSA) is 58.8 Å².